The number of hydrogen-bond acceptors (Lipinski definition) is 6. The monoisotopic (exact) mass is 391 g/mol. The Hall–Kier alpha value is -2.74. The zero-order chi connectivity index (χ0) is 20.3. The van der Waals surface area contributed by atoms with E-state index in [4.69, 9.17) is 9.47 Å². The normalized spacial score (nSPS) is 12.9. The highest BCUT2D eigenvalue weighted by Gasteiger charge is 2.28. The number of aromatic amines is 1. The summed E-state index contributed by atoms with van der Waals surface area (Å²) < 4.78 is 21.8. The molecule has 0 amide bonds. The maximum absolute atomic E-state index is 12.7. The summed E-state index contributed by atoms with van der Waals surface area (Å²) in [5.74, 6) is -1.77. The van der Waals surface area contributed by atoms with Gasteiger partial charge in [-0.05, 0) is 38.5 Å². The molecular weight excluding hydrogens is 370 g/mol. The lowest BCUT2D eigenvalue weighted by molar-refractivity contribution is 0.0313. The summed E-state index contributed by atoms with van der Waals surface area (Å²) in [5.41, 5.74) is 1.54. The van der Waals surface area contributed by atoms with Crippen LogP contribution in [-0.4, -0.2) is 46.4 Å². The fraction of sp³-hybridized carbons (Fsp3) is 0.316. The molecule has 2 aromatic rings. The van der Waals surface area contributed by atoms with E-state index in [1.165, 1.54) is 26.4 Å². The van der Waals surface area contributed by atoms with Crippen LogP contribution in [-0.2, 0) is 20.3 Å². The molecule has 27 heavy (non-hydrogen) atoms. The van der Waals surface area contributed by atoms with Gasteiger partial charge in [-0.1, -0.05) is 12.1 Å². The van der Waals surface area contributed by atoms with Crippen LogP contribution in [0.4, 0.5) is 0 Å². The van der Waals surface area contributed by atoms with E-state index in [-0.39, 0.29) is 16.8 Å². The first-order valence-electron chi connectivity index (χ1n) is 8.14. The molecule has 1 heterocycles. The molecule has 7 nitrogen and oxygen atoms in total. The van der Waals surface area contributed by atoms with Crippen LogP contribution in [0, 0.1) is 13.8 Å². The Morgan fingerprint density at radius 3 is 2.33 bits per heavy atom. The molecule has 0 spiro atoms. The van der Waals surface area contributed by atoms with E-state index in [0.29, 0.717) is 16.2 Å². The molecule has 0 saturated heterocycles. The number of ether oxygens (including phenoxy) is 2. The third kappa shape index (κ3) is 4.16. The molecule has 0 aliphatic carbocycles. The molecule has 0 radical (unpaired) electrons. The molecule has 0 unspecified atom stereocenters. The summed E-state index contributed by atoms with van der Waals surface area (Å²) in [4.78, 5) is 40.2. The van der Waals surface area contributed by atoms with Gasteiger partial charge in [-0.25, -0.2) is 9.59 Å². The minimum absolute atomic E-state index is 0.146. The number of carbonyl (C=O) groups excluding carboxylic acids is 3. The largest absolute Gasteiger partial charge is 0.465 e. The molecule has 2 atom stereocenters. The molecule has 144 valence electrons. The Bertz CT molecular complexity index is 930. The van der Waals surface area contributed by atoms with E-state index in [0.717, 1.165) is 0 Å². The maximum atomic E-state index is 12.7. The minimum Gasteiger partial charge on any atom is -0.465 e. The average Bonchev–Trinajstić information content (AvgIpc) is 2.94. The van der Waals surface area contributed by atoms with Gasteiger partial charge in [0.2, 0.25) is 5.78 Å². The van der Waals surface area contributed by atoms with Crippen molar-refractivity contribution < 1.29 is 28.1 Å². The first-order valence-corrected chi connectivity index (χ1v) is 9.70. The Balaban J connectivity index is 2.26. The van der Waals surface area contributed by atoms with Gasteiger partial charge in [0.1, 0.15) is 0 Å². The lowest BCUT2D eigenvalue weighted by Crippen LogP contribution is -2.26. The Morgan fingerprint density at radius 1 is 1.11 bits per heavy atom. The van der Waals surface area contributed by atoms with Gasteiger partial charge in [0.05, 0.1) is 39.6 Å². The Kier molecular flexibility index (Phi) is 6.32. The van der Waals surface area contributed by atoms with Gasteiger partial charge >= 0.3 is 11.9 Å². The van der Waals surface area contributed by atoms with Gasteiger partial charge in [0.25, 0.3) is 0 Å². The van der Waals surface area contributed by atoms with Crippen molar-refractivity contribution in [1.29, 1.82) is 0 Å². The van der Waals surface area contributed by atoms with Crippen LogP contribution in [0.5, 0.6) is 0 Å². The summed E-state index contributed by atoms with van der Waals surface area (Å²) in [5, 5.41) is 0. The molecule has 0 saturated carbocycles. The zero-order valence-corrected chi connectivity index (χ0v) is 16.6. The smallest absolute Gasteiger partial charge is 0.340 e. The third-order valence-corrected chi connectivity index (χ3v) is 5.12. The number of benzene rings is 1. The number of H-pyrrole nitrogens is 1. The summed E-state index contributed by atoms with van der Waals surface area (Å²) in [6, 6.07) is 6.36. The second kappa shape index (κ2) is 8.30. The number of aromatic nitrogens is 1. The number of aryl methyl sites for hydroxylation is 1. The Labute approximate surface area is 159 Å². The molecule has 0 bridgehead atoms. The second-order valence-electron chi connectivity index (χ2n) is 5.98. The van der Waals surface area contributed by atoms with Gasteiger partial charge in [0.15, 0.2) is 6.10 Å². The molecule has 0 aliphatic rings. The third-order valence-electron chi connectivity index (χ3n) is 4.14. The number of hydrogen-bond donors (Lipinski definition) is 1. The van der Waals surface area contributed by atoms with Crippen LogP contribution >= 0.6 is 0 Å². The van der Waals surface area contributed by atoms with E-state index in [9.17, 15) is 18.6 Å². The van der Waals surface area contributed by atoms with Gasteiger partial charge in [-0.2, -0.15) is 0 Å². The SMILES string of the molecule is COC(=O)c1c(C)[nH]c(C(=O)[C@H](C)OC(=O)c2ccccc2[S@](C)=O)c1C. The zero-order valence-electron chi connectivity index (χ0n) is 15.7. The molecule has 0 fully saturated rings. The predicted molar refractivity (Wildman–Crippen MR) is 99.6 cm³/mol. The van der Waals surface area contributed by atoms with E-state index in [1.54, 1.807) is 32.0 Å². The van der Waals surface area contributed by atoms with Crippen molar-refractivity contribution in [2.24, 2.45) is 0 Å². The standard InChI is InChI=1S/C19H21NO6S/c1-10-15(19(23)25-4)11(2)20-16(10)17(21)12(3)26-18(22)13-8-6-7-9-14(13)27(5)24/h6-9,12,20H,1-5H3/t12-,27-/m0/s1. The highest BCUT2D eigenvalue weighted by molar-refractivity contribution is 7.84. The van der Waals surface area contributed by atoms with Crippen LogP contribution in [0.1, 0.15) is 49.4 Å². The van der Waals surface area contributed by atoms with Crippen LogP contribution in [0.25, 0.3) is 0 Å². The summed E-state index contributed by atoms with van der Waals surface area (Å²) >= 11 is 0. The average molecular weight is 391 g/mol. The van der Waals surface area contributed by atoms with Crippen molar-refractivity contribution in [3.63, 3.8) is 0 Å². The Morgan fingerprint density at radius 2 is 1.74 bits per heavy atom. The van der Waals surface area contributed by atoms with Crippen molar-refractivity contribution in [2.75, 3.05) is 13.4 Å². The number of rotatable bonds is 6. The fourth-order valence-corrected chi connectivity index (χ4v) is 3.50. The number of nitrogens with one attached hydrogen (secondary N) is 1. The predicted octanol–water partition coefficient (Wildman–Crippen LogP) is 2.58. The molecule has 0 aliphatic heterocycles. The minimum atomic E-state index is -1.38. The first-order chi connectivity index (χ1) is 12.7. The summed E-state index contributed by atoms with van der Waals surface area (Å²) in [6.45, 7) is 4.71. The first kappa shape index (κ1) is 20.6. The van der Waals surface area contributed by atoms with E-state index in [1.807, 2.05) is 0 Å². The van der Waals surface area contributed by atoms with Gasteiger partial charge < -0.3 is 14.5 Å². The number of ketones is 1. The van der Waals surface area contributed by atoms with Crippen molar-refractivity contribution in [3.8, 4) is 0 Å². The number of esters is 2. The lowest BCUT2D eigenvalue weighted by Gasteiger charge is -2.13. The summed E-state index contributed by atoms with van der Waals surface area (Å²) in [6.07, 6.45) is 0.359. The molecular formula is C19H21NO6S. The van der Waals surface area contributed by atoms with Gasteiger partial charge in [0, 0.05) is 11.9 Å². The lowest BCUT2D eigenvalue weighted by atomic mass is 10.1. The highest BCUT2D eigenvalue weighted by atomic mass is 32.2. The van der Waals surface area contributed by atoms with Crippen molar-refractivity contribution >= 4 is 28.5 Å². The van der Waals surface area contributed by atoms with Gasteiger partial charge in [-0.15, -0.1) is 0 Å². The number of methoxy groups -OCH3 is 1. The van der Waals surface area contributed by atoms with Crippen LogP contribution in [0.2, 0.25) is 0 Å². The van der Waals surface area contributed by atoms with Crippen LogP contribution in [0.15, 0.2) is 29.2 Å². The molecule has 8 heteroatoms. The van der Waals surface area contributed by atoms with Gasteiger partial charge in [-0.3, -0.25) is 9.00 Å². The van der Waals surface area contributed by atoms with E-state index < -0.39 is 34.6 Å². The van der Waals surface area contributed by atoms with E-state index in [2.05, 4.69) is 4.98 Å². The maximum Gasteiger partial charge on any atom is 0.340 e. The highest BCUT2D eigenvalue weighted by Crippen LogP contribution is 2.21. The number of Topliss-reactive ketones (excluding diaryl/α,β-unsaturated/α-hetero) is 1. The second-order valence-corrected chi connectivity index (χ2v) is 7.33. The summed E-state index contributed by atoms with van der Waals surface area (Å²) in [7, 11) is -0.117. The van der Waals surface area contributed by atoms with Crippen molar-refractivity contribution in [3.05, 3.63) is 52.3 Å². The van der Waals surface area contributed by atoms with Crippen molar-refractivity contribution in [1.82, 2.24) is 4.98 Å². The van der Waals surface area contributed by atoms with Crippen LogP contribution < -0.4 is 0 Å². The molecule has 2 rings (SSSR count). The van der Waals surface area contributed by atoms with Crippen molar-refractivity contribution in [2.45, 2.75) is 31.8 Å². The van der Waals surface area contributed by atoms with Crippen LogP contribution in [0.3, 0.4) is 0 Å². The van der Waals surface area contributed by atoms with E-state index >= 15 is 0 Å². The quantitative estimate of drug-likeness (QED) is 0.600. The molecule has 1 aromatic carbocycles. The topological polar surface area (TPSA) is 103 Å². The molecule has 1 aromatic heterocycles. The molecule has 1 N–H and O–H groups in total. The number of carbonyl (C=O) groups is 3. The fourth-order valence-electron chi connectivity index (χ4n) is 2.77.